The van der Waals surface area contributed by atoms with E-state index in [-0.39, 0.29) is 11.3 Å². The topological polar surface area (TPSA) is 58.8 Å². The van der Waals surface area contributed by atoms with E-state index in [2.05, 4.69) is 4.74 Å². The third-order valence-electron chi connectivity index (χ3n) is 2.82. The highest BCUT2D eigenvalue weighted by molar-refractivity contribution is 5.96. The van der Waals surface area contributed by atoms with Gasteiger partial charge in [0.25, 0.3) is 0 Å². The number of rotatable bonds is 5. The first-order valence-electron chi connectivity index (χ1n) is 5.90. The molecule has 0 aliphatic carbocycles. The van der Waals surface area contributed by atoms with Crippen LogP contribution in [0.4, 0.5) is 15.8 Å². The van der Waals surface area contributed by atoms with Gasteiger partial charge in [-0.15, -0.1) is 0 Å². The number of nitrogen functional groups attached to an aromatic ring is 1. The Balaban J connectivity index is 3.03. The maximum atomic E-state index is 13.9. The van der Waals surface area contributed by atoms with Gasteiger partial charge in [-0.3, -0.25) is 0 Å². The summed E-state index contributed by atoms with van der Waals surface area (Å²) in [5.41, 5.74) is 6.21. The first-order chi connectivity index (χ1) is 8.86. The number of nitrogens with zero attached hydrogens (tertiary/aromatic N) is 2. The van der Waals surface area contributed by atoms with E-state index in [1.54, 1.807) is 11.9 Å². The smallest absolute Gasteiger partial charge is 0.340 e. The summed E-state index contributed by atoms with van der Waals surface area (Å²) in [5.74, 6) is -1.02. The molecule has 0 heterocycles. The number of methoxy groups -OCH3 is 1. The summed E-state index contributed by atoms with van der Waals surface area (Å²) in [7, 11) is 6.90. The predicted molar refractivity (Wildman–Crippen MR) is 74.0 cm³/mol. The maximum absolute atomic E-state index is 13.9. The number of carbonyl (C=O) groups is 1. The summed E-state index contributed by atoms with van der Waals surface area (Å²) in [5, 5.41) is 0. The van der Waals surface area contributed by atoms with Crippen molar-refractivity contribution in [3.63, 3.8) is 0 Å². The molecule has 6 heteroatoms. The molecule has 0 bridgehead atoms. The fourth-order valence-electron chi connectivity index (χ4n) is 1.63. The average molecular weight is 269 g/mol. The highest BCUT2D eigenvalue weighted by atomic mass is 19.1. The van der Waals surface area contributed by atoms with Gasteiger partial charge >= 0.3 is 5.97 Å². The van der Waals surface area contributed by atoms with Crippen LogP contribution < -0.4 is 10.6 Å². The van der Waals surface area contributed by atoms with Crippen molar-refractivity contribution >= 4 is 17.3 Å². The lowest BCUT2D eigenvalue weighted by Crippen LogP contribution is -2.29. The molecule has 0 aliphatic rings. The van der Waals surface area contributed by atoms with Gasteiger partial charge in [0.1, 0.15) is 5.82 Å². The van der Waals surface area contributed by atoms with Crippen LogP contribution in [0, 0.1) is 5.82 Å². The van der Waals surface area contributed by atoms with Crippen molar-refractivity contribution in [2.45, 2.75) is 0 Å². The molecule has 0 radical (unpaired) electrons. The Labute approximate surface area is 112 Å². The van der Waals surface area contributed by atoms with Gasteiger partial charge in [0.15, 0.2) is 0 Å². The number of nitrogens with two attached hydrogens (primary N) is 1. The number of hydrogen-bond donors (Lipinski definition) is 1. The van der Waals surface area contributed by atoms with Crippen LogP contribution >= 0.6 is 0 Å². The molecule has 1 rings (SSSR count). The third-order valence-corrected chi connectivity index (χ3v) is 2.82. The molecule has 0 saturated carbocycles. The quantitative estimate of drug-likeness (QED) is 0.643. The molecule has 0 atom stereocenters. The van der Waals surface area contributed by atoms with Crippen molar-refractivity contribution in [2.75, 3.05) is 52.0 Å². The van der Waals surface area contributed by atoms with E-state index < -0.39 is 11.8 Å². The molecule has 106 valence electrons. The monoisotopic (exact) mass is 269 g/mol. The summed E-state index contributed by atoms with van der Waals surface area (Å²) < 4.78 is 18.5. The molecule has 5 nitrogen and oxygen atoms in total. The molecule has 0 unspecified atom stereocenters. The largest absolute Gasteiger partial charge is 0.465 e. The molecule has 0 aliphatic heterocycles. The van der Waals surface area contributed by atoms with Gasteiger partial charge in [-0.05, 0) is 26.2 Å². The van der Waals surface area contributed by atoms with Crippen molar-refractivity contribution in [3.05, 3.63) is 23.5 Å². The van der Waals surface area contributed by atoms with E-state index in [0.717, 1.165) is 12.6 Å². The van der Waals surface area contributed by atoms with Crippen molar-refractivity contribution in [1.29, 1.82) is 0 Å². The predicted octanol–water partition coefficient (Wildman–Crippen LogP) is 1.19. The highest BCUT2D eigenvalue weighted by Crippen LogP contribution is 2.25. The average Bonchev–Trinajstić information content (AvgIpc) is 2.35. The Morgan fingerprint density at radius 1 is 1.32 bits per heavy atom. The maximum Gasteiger partial charge on any atom is 0.340 e. The Bertz CT molecular complexity index is 463. The van der Waals surface area contributed by atoms with E-state index in [4.69, 9.17) is 5.73 Å². The van der Waals surface area contributed by atoms with Crippen molar-refractivity contribution in [2.24, 2.45) is 0 Å². The number of esters is 1. The van der Waals surface area contributed by atoms with Crippen LogP contribution in [0.1, 0.15) is 10.4 Å². The molecule has 2 N–H and O–H groups in total. The second kappa shape index (κ2) is 6.38. The van der Waals surface area contributed by atoms with Gasteiger partial charge in [-0.1, -0.05) is 0 Å². The fraction of sp³-hybridized carbons (Fsp3) is 0.462. The van der Waals surface area contributed by atoms with Crippen molar-refractivity contribution in [3.8, 4) is 0 Å². The second-order valence-corrected chi connectivity index (χ2v) is 4.61. The van der Waals surface area contributed by atoms with Gasteiger partial charge in [-0.2, -0.15) is 0 Å². The Kier molecular flexibility index (Phi) is 5.11. The number of ether oxygens (including phenoxy) is 1. The van der Waals surface area contributed by atoms with E-state index in [1.165, 1.54) is 13.2 Å². The van der Waals surface area contributed by atoms with Crippen LogP contribution in [0.2, 0.25) is 0 Å². The van der Waals surface area contributed by atoms with Gasteiger partial charge in [0, 0.05) is 25.8 Å². The fourth-order valence-corrected chi connectivity index (χ4v) is 1.63. The molecule has 0 aromatic heterocycles. The molecular formula is C13H20FN3O2. The van der Waals surface area contributed by atoms with Gasteiger partial charge in [-0.25, -0.2) is 9.18 Å². The first kappa shape index (κ1) is 15.2. The SMILES string of the molecule is COC(=O)c1cc(N(C)CCN(C)C)c(F)cc1N. The summed E-state index contributed by atoms with van der Waals surface area (Å²) >= 11 is 0. The van der Waals surface area contributed by atoms with Crippen molar-refractivity contribution < 1.29 is 13.9 Å². The number of carbonyl (C=O) groups excluding carboxylic acids is 1. The summed E-state index contributed by atoms with van der Waals surface area (Å²) in [6, 6.07) is 2.57. The second-order valence-electron chi connectivity index (χ2n) is 4.61. The van der Waals surface area contributed by atoms with Crippen LogP contribution in [0.15, 0.2) is 12.1 Å². The van der Waals surface area contributed by atoms with Crippen LogP contribution in [-0.4, -0.2) is 52.2 Å². The normalized spacial score (nSPS) is 10.6. The molecule has 0 amide bonds. The third kappa shape index (κ3) is 3.82. The zero-order chi connectivity index (χ0) is 14.6. The molecule has 0 spiro atoms. The number of hydrogen-bond acceptors (Lipinski definition) is 5. The van der Waals surface area contributed by atoms with E-state index in [1.807, 2.05) is 19.0 Å². The highest BCUT2D eigenvalue weighted by Gasteiger charge is 2.16. The van der Waals surface area contributed by atoms with Crippen LogP contribution in [0.25, 0.3) is 0 Å². The van der Waals surface area contributed by atoms with Crippen LogP contribution in [0.3, 0.4) is 0 Å². The number of anilines is 2. The Morgan fingerprint density at radius 2 is 1.95 bits per heavy atom. The number of likely N-dealkylation sites (N-methyl/N-ethyl adjacent to an activating group) is 2. The van der Waals surface area contributed by atoms with Crippen LogP contribution in [-0.2, 0) is 4.74 Å². The van der Waals surface area contributed by atoms with E-state index >= 15 is 0 Å². The Hall–Kier alpha value is -1.82. The van der Waals surface area contributed by atoms with Gasteiger partial charge < -0.3 is 20.3 Å². The van der Waals surface area contributed by atoms with Crippen LogP contribution in [0.5, 0.6) is 0 Å². The summed E-state index contributed by atoms with van der Waals surface area (Å²) in [6.07, 6.45) is 0. The minimum atomic E-state index is -0.570. The minimum absolute atomic E-state index is 0.0779. The molecule has 0 saturated heterocycles. The van der Waals surface area contributed by atoms with Gasteiger partial charge in [0.2, 0.25) is 0 Å². The van der Waals surface area contributed by atoms with Gasteiger partial charge in [0.05, 0.1) is 18.4 Å². The summed E-state index contributed by atoms with van der Waals surface area (Å²) in [6.45, 7) is 1.41. The number of halogens is 1. The molecule has 1 aromatic rings. The molecular weight excluding hydrogens is 249 g/mol. The molecule has 1 aromatic carbocycles. The molecule has 0 fully saturated rings. The number of benzene rings is 1. The lowest BCUT2D eigenvalue weighted by Gasteiger charge is -2.23. The van der Waals surface area contributed by atoms with E-state index in [0.29, 0.717) is 12.2 Å². The zero-order valence-electron chi connectivity index (χ0n) is 11.7. The van der Waals surface area contributed by atoms with Crippen molar-refractivity contribution in [1.82, 2.24) is 4.90 Å². The minimum Gasteiger partial charge on any atom is -0.465 e. The summed E-state index contributed by atoms with van der Waals surface area (Å²) in [4.78, 5) is 15.3. The standard InChI is InChI=1S/C13H20FN3O2/c1-16(2)5-6-17(3)12-7-9(13(18)19-4)11(15)8-10(12)14/h7-8H,5-6,15H2,1-4H3. The lowest BCUT2D eigenvalue weighted by atomic mass is 10.1. The Morgan fingerprint density at radius 3 is 2.47 bits per heavy atom. The zero-order valence-corrected chi connectivity index (χ0v) is 11.7. The lowest BCUT2D eigenvalue weighted by molar-refractivity contribution is 0.0602. The molecule has 19 heavy (non-hydrogen) atoms. The van der Waals surface area contributed by atoms with E-state index in [9.17, 15) is 9.18 Å². The first-order valence-corrected chi connectivity index (χ1v) is 5.90.